The highest BCUT2D eigenvalue weighted by Gasteiger charge is 2.14. The minimum atomic E-state index is -0.880. The van der Waals surface area contributed by atoms with Gasteiger partial charge >= 0.3 is 5.97 Å². The number of aliphatic hydroxyl groups excluding tert-OH is 1. The normalized spacial score (nSPS) is 12.0. The van der Waals surface area contributed by atoms with E-state index in [9.17, 15) is 9.90 Å². The van der Waals surface area contributed by atoms with E-state index in [1.165, 1.54) is 14.2 Å². The molecule has 4 nitrogen and oxygen atoms in total. The van der Waals surface area contributed by atoms with Gasteiger partial charge < -0.3 is 14.6 Å². The maximum atomic E-state index is 11.0. The first kappa shape index (κ1) is 13.0. The molecule has 0 amide bonds. The second-order valence-electron chi connectivity index (χ2n) is 3.19. The van der Waals surface area contributed by atoms with Gasteiger partial charge in [0.25, 0.3) is 0 Å². The smallest absolute Gasteiger partial charge is 0.308 e. The molecule has 0 aliphatic rings. The maximum absolute atomic E-state index is 11.0. The molecule has 0 saturated heterocycles. The average molecular weight is 289 g/mol. The fraction of sp³-hybridized carbons (Fsp3) is 0.364. The van der Waals surface area contributed by atoms with Crippen LogP contribution in [0.25, 0.3) is 0 Å². The lowest BCUT2D eigenvalue weighted by Crippen LogP contribution is -2.08. The molecule has 5 heteroatoms. The van der Waals surface area contributed by atoms with E-state index in [1.807, 2.05) is 0 Å². The van der Waals surface area contributed by atoms with E-state index in [2.05, 4.69) is 20.7 Å². The Morgan fingerprint density at radius 1 is 1.50 bits per heavy atom. The first-order valence-electron chi connectivity index (χ1n) is 4.66. The first-order valence-corrected chi connectivity index (χ1v) is 5.46. The molecule has 1 aromatic rings. The van der Waals surface area contributed by atoms with E-state index >= 15 is 0 Å². The molecule has 1 aromatic carbocycles. The number of halogens is 1. The molecule has 1 atom stereocenters. The molecular formula is C11H13BrO4. The molecular weight excluding hydrogens is 276 g/mol. The van der Waals surface area contributed by atoms with Crippen molar-refractivity contribution in [2.75, 3.05) is 14.2 Å². The molecule has 1 rings (SSSR count). The van der Waals surface area contributed by atoms with Crippen molar-refractivity contribution in [1.82, 2.24) is 0 Å². The summed E-state index contributed by atoms with van der Waals surface area (Å²) in [5, 5.41) is 9.76. The molecule has 0 aliphatic carbocycles. The van der Waals surface area contributed by atoms with Crippen molar-refractivity contribution in [3.8, 4) is 5.75 Å². The van der Waals surface area contributed by atoms with Crippen LogP contribution >= 0.6 is 15.9 Å². The molecule has 0 aliphatic heterocycles. The van der Waals surface area contributed by atoms with Crippen LogP contribution in [-0.4, -0.2) is 25.3 Å². The largest absolute Gasteiger partial charge is 0.496 e. The van der Waals surface area contributed by atoms with Gasteiger partial charge in [-0.05, 0) is 33.6 Å². The lowest BCUT2D eigenvalue weighted by molar-refractivity contribution is -0.142. The Labute approximate surface area is 102 Å². The summed E-state index contributed by atoms with van der Waals surface area (Å²) in [5.74, 6) is 0.163. The Morgan fingerprint density at radius 2 is 2.19 bits per heavy atom. The molecule has 16 heavy (non-hydrogen) atoms. The first-order chi connectivity index (χ1) is 7.58. The summed E-state index contributed by atoms with van der Waals surface area (Å²) in [6.45, 7) is 0. The third-order valence-corrected chi connectivity index (χ3v) is 2.80. The Bertz CT molecular complexity index is 378. The van der Waals surface area contributed by atoms with Gasteiger partial charge in [-0.15, -0.1) is 0 Å². The van der Waals surface area contributed by atoms with Crippen LogP contribution in [0.3, 0.4) is 0 Å². The molecule has 0 bridgehead atoms. The number of hydrogen-bond acceptors (Lipinski definition) is 4. The highest BCUT2D eigenvalue weighted by Crippen LogP contribution is 2.29. The minimum absolute atomic E-state index is 0.0682. The van der Waals surface area contributed by atoms with E-state index in [4.69, 9.17) is 4.74 Å². The van der Waals surface area contributed by atoms with Gasteiger partial charge in [-0.2, -0.15) is 0 Å². The Hall–Kier alpha value is -1.07. The molecule has 0 fully saturated rings. The Balaban J connectivity index is 2.83. The van der Waals surface area contributed by atoms with Gasteiger partial charge in [0.05, 0.1) is 31.2 Å². The van der Waals surface area contributed by atoms with Crippen LogP contribution in [0.5, 0.6) is 5.75 Å². The van der Waals surface area contributed by atoms with Gasteiger partial charge in [0.2, 0.25) is 0 Å². The number of rotatable bonds is 4. The number of esters is 1. The zero-order valence-electron chi connectivity index (χ0n) is 9.07. The monoisotopic (exact) mass is 288 g/mol. The van der Waals surface area contributed by atoms with Crippen LogP contribution in [0.4, 0.5) is 0 Å². The second-order valence-corrected chi connectivity index (χ2v) is 4.04. The number of benzene rings is 1. The van der Waals surface area contributed by atoms with E-state index in [1.54, 1.807) is 18.2 Å². The van der Waals surface area contributed by atoms with Gasteiger partial charge in [0.15, 0.2) is 0 Å². The van der Waals surface area contributed by atoms with E-state index in [0.717, 1.165) is 4.47 Å². The topological polar surface area (TPSA) is 55.8 Å². The van der Waals surface area contributed by atoms with Crippen molar-refractivity contribution >= 4 is 21.9 Å². The number of methoxy groups -OCH3 is 2. The summed E-state index contributed by atoms with van der Waals surface area (Å²) in [5.41, 5.74) is 0.616. The molecule has 0 aromatic heterocycles. The zero-order chi connectivity index (χ0) is 12.1. The lowest BCUT2D eigenvalue weighted by atomic mass is 10.1. The summed E-state index contributed by atoms with van der Waals surface area (Å²) in [6, 6.07) is 5.16. The van der Waals surface area contributed by atoms with E-state index < -0.39 is 12.1 Å². The molecule has 88 valence electrons. The molecule has 0 saturated carbocycles. The second kappa shape index (κ2) is 5.86. The van der Waals surface area contributed by atoms with Crippen molar-refractivity contribution in [3.63, 3.8) is 0 Å². The number of aliphatic hydroxyl groups is 1. The van der Waals surface area contributed by atoms with Crippen LogP contribution in [0.2, 0.25) is 0 Å². The van der Waals surface area contributed by atoms with Crippen LogP contribution < -0.4 is 4.74 Å². The van der Waals surface area contributed by atoms with Gasteiger partial charge in [-0.1, -0.05) is 6.07 Å². The van der Waals surface area contributed by atoms with Gasteiger partial charge in [-0.3, -0.25) is 4.79 Å². The van der Waals surface area contributed by atoms with Crippen LogP contribution in [0, 0.1) is 0 Å². The molecule has 0 heterocycles. The third-order valence-electron chi connectivity index (χ3n) is 2.15. The predicted molar refractivity (Wildman–Crippen MR) is 62.3 cm³/mol. The van der Waals surface area contributed by atoms with Crippen LogP contribution in [0.15, 0.2) is 22.7 Å². The summed E-state index contributed by atoms with van der Waals surface area (Å²) < 4.78 is 10.4. The van der Waals surface area contributed by atoms with Crippen molar-refractivity contribution in [1.29, 1.82) is 0 Å². The Kier molecular flexibility index (Phi) is 4.76. The standard InChI is InChI=1S/C11H13BrO4/c1-15-10-5-7(3-4-8(10)12)9(13)6-11(14)16-2/h3-5,9,13H,6H2,1-2H3. The van der Waals surface area contributed by atoms with Crippen molar-refractivity contribution in [3.05, 3.63) is 28.2 Å². The Morgan fingerprint density at radius 3 is 2.75 bits per heavy atom. The average Bonchev–Trinajstić information content (AvgIpc) is 2.29. The SMILES string of the molecule is COC(=O)CC(O)c1ccc(Br)c(OC)c1. The summed E-state index contributed by atoms with van der Waals surface area (Å²) in [4.78, 5) is 11.0. The number of hydrogen-bond donors (Lipinski definition) is 1. The highest BCUT2D eigenvalue weighted by atomic mass is 79.9. The molecule has 0 radical (unpaired) electrons. The fourth-order valence-corrected chi connectivity index (χ4v) is 1.65. The third kappa shape index (κ3) is 3.21. The number of carbonyl (C=O) groups excluding carboxylic acids is 1. The molecule has 0 spiro atoms. The predicted octanol–water partition coefficient (Wildman–Crippen LogP) is 2.05. The van der Waals surface area contributed by atoms with Gasteiger partial charge in [0, 0.05) is 0 Å². The van der Waals surface area contributed by atoms with E-state index in [-0.39, 0.29) is 6.42 Å². The van der Waals surface area contributed by atoms with Gasteiger partial charge in [-0.25, -0.2) is 0 Å². The van der Waals surface area contributed by atoms with Crippen molar-refractivity contribution < 1.29 is 19.4 Å². The molecule has 1 unspecified atom stereocenters. The van der Waals surface area contributed by atoms with Crippen LogP contribution in [-0.2, 0) is 9.53 Å². The summed E-state index contributed by atoms with van der Waals surface area (Å²) in [7, 11) is 2.83. The number of carbonyl (C=O) groups is 1. The maximum Gasteiger partial charge on any atom is 0.308 e. The molecule has 1 N–H and O–H groups in total. The lowest BCUT2D eigenvalue weighted by Gasteiger charge is -2.11. The van der Waals surface area contributed by atoms with Crippen molar-refractivity contribution in [2.45, 2.75) is 12.5 Å². The van der Waals surface area contributed by atoms with Crippen molar-refractivity contribution in [2.24, 2.45) is 0 Å². The van der Waals surface area contributed by atoms with Gasteiger partial charge in [0.1, 0.15) is 5.75 Å². The minimum Gasteiger partial charge on any atom is -0.496 e. The number of ether oxygens (including phenoxy) is 2. The highest BCUT2D eigenvalue weighted by molar-refractivity contribution is 9.10. The van der Waals surface area contributed by atoms with Crippen LogP contribution in [0.1, 0.15) is 18.1 Å². The quantitative estimate of drug-likeness (QED) is 0.862. The zero-order valence-corrected chi connectivity index (χ0v) is 10.7. The van der Waals surface area contributed by atoms with E-state index in [0.29, 0.717) is 11.3 Å². The fourth-order valence-electron chi connectivity index (χ4n) is 1.24. The summed E-state index contributed by atoms with van der Waals surface area (Å²) in [6.07, 6.45) is -0.948. The summed E-state index contributed by atoms with van der Waals surface area (Å²) >= 11 is 3.31.